The Labute approximate surface area is 124 Å². The van der Waals surface area contributed by atoms with Crippen LogP contribution in [-0.2, 0) is 23.9 Å². The van der Waals surface area contributed by atoms with Crippen molar-refractivity contribution in [2.75, 3.05) is 6.61 Å². The number of rotatable bonds is 6. The van der Waals surface area contributed by atoms with Gasteiger partial charge >= 0.3 is 16.1 Å². The topological polar surface area (TPSA) is 149 Å². The fraction of sp³-hybridized carbons (Fsp3) is 0.182. The maximum atomic E-state index is 11.9. The van der Waals surface area contributed by atoms with Crippen molar-refractivity contribution in [3.63, 3.8) is 0 Å². The Kier molecular flexibility index (Phi) is 5.53. The average molecular weight is 327 g/mol. The lowest BCUT2D eigenvalue weighted by Crippen LogP contribution is -2.17. The predicted molar refractivity (Wildman–Crippen MR) is 71.0 cm³/mol. The molecule has 11 heteroatoms. The Balaban J connectivity index is 3.15. The average Bonchev–Trinajstić information content (AvgIpc) is 2.48. The smallest absolute Gasteiger partial charge is 0.371 e. The van der Waals surface area contributed by atoms with E-state index in [1.807, 2.05) is 0 Å². The summed E-state index contributed by atoms with van der Waals surface area (Å²) < 4.78 is 32.3. The molecule has 0 saturated carbocycles. The minimum Gasteiger partial charge on any atom is -0.461 e. The number of oxime groups is 1. The van der Waals surface area contributed by atoms with E-state index < -0.39 is 37.3 Å². The van der Waals surface area contributed by atoms with Crippen LogP contribution in [0.2, 0.25) is 0 Å². The first-order chi connectivity index (χ1) is 10.3. The van der Waals surface area contributed by atoms with Crippen molar-refractivity contribution in [2.45, 2.75) is 11.8 Å². The van der Waals surface area contributed by atoms with Gasteiger partial charge in [-0.3, -0.25) is 14.4 Å². The van der Waals surface area contributed by atoms with Gasteiger partial charge in [0.05, 0.1) is 11.5 Å². The van der Waals surface area contributed by atoms with E-state index in [0.29, 0.717) is 0 Å². The molecule has 1 aromatic rings. The summed E-state index contributed by atoms with van der Waals surface area (Å²) in [6, 6.07) is 5.69. The Morgan fingerprint density at radius 2 is 2.09 bits per heavy atom. The van der Waals surface area contributed by atoms with Crippen LogP contribution in [0.1, 0.15) is 6.92 Å². The number of hydrogen-bond acceptors (Lipinski definition) is 9. The van der Waals surface area contributed by atoms with E-state index in [9.17, 15) is 23.3 Å². The lowest BCUT2D eigenvalue weighted by molar-refractivity contribution is -0.387. The number of esters is 1. The first-order valence-corrected chi connectivity index (χ1v) is 7.06. The van der Waals surface area contributed by atoms with E-state index >= 15 is 0 Å². The maximum Gasteiger partial charge on any atom is 0.371 e. The SMILES string of the molecule is CCOC(=O)/C(C#N)=N/OS(=O)(=O)c1ccccc1[N+](=O)[O-]. The number of benzene rings is 1. The molecule has 0 heterocycles. The summed E-state index contributed by atoms with van der Waals surface area (Å²) in [5.41, 5.74) is -1.67. The molecule has 0 unspecified atom stereocenters. The fourth-order valence-corrected chi connectivity index (χ4v) is 2.15. The summed E-state index contributed by atoms with van der Waals surface area (Å²) in [4.78, 5) is 20.3. The normalized spacial score (nSPS) is 11.4. The number of nitro groups is 1. The van der Waals surface area contributed by atoms with E-state index in [2.05, 4.69) is 14.2 Å². The van der Waals surface area contributed by atoms with Crippen molar-refractivity contribution >= 4 is 27.5 Å². The van der Waals surface area contributed by atoms with Gasteiger partial charge in [0, 0.05) is 6.07 Å². The quantitative estimate of drug-likeness (QED) is 0.321. The van der Waals surface area contributed by atoms with Crippen molar-refractivity contribution < 1.29 is 27.2 Å². The number of nitriles is 1. The zero-order valence-corrected chi connectivity index (χ0v) is 11.9. The first kappa shape index (κ1) is 17.1. The Bertz CT molecular complexity index is 764. The molecule has 0 fully saturated rings. The molecule has 1 rings (SSSR count). The third kappa shape index (κ3) is 4.00. The van der Waals surface area contributed by atoms with Crippen molar-refractivity contribution in [2.24, 2.45) is 5.16 Å². The van der Waals surface area contributed by atoms with Gasteiger partial charge in [-0.05, 0) is 18.1 Å². The first-order valence-electron chi connectivity index (χ1n) is 5.65. The molecule has 0 saturated heterocycles. The highest BCUT2D eigenvalue weighted by atomic mass is 32.2. The summed E-state index contributed by atoms with van der Waals surface area (Å²) in [6.45, 7) is 1.41. The molecule has 0 atom stereocenters. The Morgan fingerprint density at radius 1 is 1.45 bits per heavy atom. The monoisotopic (exact) mass is 327 g/mol. The van der Waals surface area contributed by atoms with Crippen LogP contribution in [0, 0.1) is 21.4 Å². The summed E-state index contributed by atoms with van der Waals surface area (Å²) in [5.74, 6) is -1.18. The van der Waals surface area contributed by atoms with Crippen LogP contribution < -0.4 is 0 Å². The second-order valence-corrected chi connectivity index (χ2v) is 5.02. The van der Waals surface area contributed by atoms with Crippen LogP contribution in [0.25, 0.3) is 0 Å². The maximum absolute atomic E-state index is 11.9. The van der Waals surface area contributed by atoms with Gasteiger partial charge in [0.15, 0.2) is 4.90 Å². The number of hydrogen-bond donors (Lipinski definition) is 0. The van der Waals surface area contributed by atoms with E-state index in [4.69, 9.17) is 5.26 Å². The predicted octanol–water partition coefficient (Wildman–Crippen LogP) is 0.743. The summed E-state index contributed by atoms with van der Waals surface area (Å²) in [5, 5.41) is 22.3. The highest BCUT2D eigenvalue weighted by Gasteiger charge is 2.27. The molecule has 0 aliphatic carbocycles. The fourth-order valence-electron chi connectivity index (χ4n) is 1.25. The zero-order valence-electron chi connectivity index (χ0n) is 11.1. The summed E-state index contributed by atoms with van der Waals surface area (Å²) >= 11 is 0. The number of ether oxygens (including phenoxy) is 1. The Hall–Kier alpha value is -3.00. The molecule has 0 aliphatic rings. The number of carbonyl (C=O) groups is 1. The lowest BCUT2D eigenvalue weighted by atomic mass is 10.3. The highest BCUT2D eigenvalue weighted by Crippen LogP contribution is 2.24. The molecule has 10 nitrogen and oxygen atoms in total. The van der Waals surface area contributed by atoms with Crippen molar-refractivity contribution in [1.82, 2.24) is 0 Å². The molecule has 0 spiro atoms. The van der Waals surface area contributed by atoms with Crippen LogP contribution in [0.3, 0.4) is 0 Å². The van der Waals surface area contributed by atoms with E-state index in [0.717, 1.165) is 12.1 Å². The summed E-state index contributed by atoms with van der Waals surface area (Å²) in [6.07, 6.45) is 0. The standard InChI is InChI=1S/C11H9N3O7S/c1-2-20-11(15)8(7-12)13-21-22(18,19)10-6-4-3-5-9(10)14(16)17/h3-6H,2H2,1H3/b13-8+. The minimum absolute atomic E-state index is 0.0591. The van der Waals surface area contributed by atoms with Gasteiger partial charge in [-0.1, -0.05) is 12.1 Å². The van der Waals surface area contributed by atoms with Crippen LogP contribution in [0.5, 0.6) is 0 Å². The van der Waals surface area contributed by atoms with Crippen molar-refractivity contribution in [3.05, 3.63) is 34.4 Å². The Morgan fingerprint density at radius 3 is 2.64 bits per heavy atom. The van der Waals surface area contributed by atoms with Gasteiger partial charge in [0.25, 0.3) is 11.4 Å². The van der Waals surface area contributed by atoms with Crippen LogP contribution in [-0.4, -0.2) is 31.6 Å². The van der Waals surface area contributed by atoms with Gasteiger partial charge in [-0.2, -0.15) is 13.7 Å². The summed E-state index contributed by atoms with van der Waals surface area (Å²) in [7, 11) is -4.68. The third-order valence-corrected chi connectivity index (χ3v) is 3.29. The van der Waals surface area contributed by atoms with E-state index in [1.165, 1.54) is 25.1 Å². The van der Waals surface area contributed by atoms with Crippen LogP contribution in [0.4, 0.5) is 5.69 Å². The van der Waals surface area contributed by atoms with Crippen molar-refractivity contribution in [1.29, 1.82) is 5.26 Å². The van der Waals surface area contributed by atoms with Gasteiger partial charge in [-0.15, -0.1) is 0 Å². The molecule has 116 valence electrons. The van der Waals surface area contributed by atoms with Crippen LogP contribution >= 0.6 is 0 Å². The second-order valence-electron chi connectivity index (χ2n) is 3.53. The van der Waals surface area contributed by atoms with Crippen LogP contribution in [0.15, 0.2) is 34.3 Å². The number of carbonyl (C=O) groups excluding carboxylic acids is 1. The molecule has 22 heavy (non-hydrogen) atoms. The van der Waals surface area contributed by atoms with Gasteiger partial charge in [-0.25, -0.2) is 4.79 Å². The molecule has 0 aromatic heterocycles. The molecule has 0 radical (unpaired) electrons. The molecule has 0 bridgehead atoms. The molecular weight excluding hydrogens is 318 g/mol. The molecule has 0 N–H and O–H groups in total. The van der Waals surface area contributed by atoms with Crippen molar-refractivity contribution in [3.8, 4) is 6.07 Å². The van der Waals surface area contributed by atoms with Gasteiger partial charge < -0.3 is 4.74 Å². The van der Waals surface area contributed by atoms with E-state index in [-0.39, 0.29) is 6.61 Å². The highest BCUT2D eigenvalue weighted by molar-refractivity contribution is 7.86. The largest absolute Gasteiger partial charge is 0.461 e. The molecule has 0 amide bonds. The van der Waals surface area contributed by atoms with E-state index in [1.54, 1.807) is 0 Å². The number of nitrogens with zero attached hydrogens (tertiary/aromatic N) is 3. The molecule has 1 aromatic carbocycles. The lowest BCUT2D eigenvalue weighted by Gasteiger charge is -2.03. The second kappa shape index (κ2) is 7.14. The number of para-hydroxylation sites is 1. The number of nitro benzene ring substituents is 1. The van der Waals surface area contributed by atoms with Gasteiger partial charge in [0.2, 0.25) is 0 Å². The minimum atomic E-state index is -4.68. The third-order valence-electron chi connectivity index (χ3n) is 2.13. The van der Waals surface area contributed by atoms with Gasteiger partial charge in [0.1, 0.15) is 6.07 Å². The molecular formula is C11H9N3O7S. The zero-order chi connectivity index (χ0) is 16.8. The molecule has 0 aliphatic heterocycles.